The summed E-state index contributed by atoms with van der Waals surface area (Å²) < 4.78 is 38.1. The molecule has 1 N–H and O–H groups in total. The normalized spacial score (nSPS) is 15.7. The summed E-state index contributed by atoms with van der Waals surface area (Å²) in [5.41, 5.74) is -0.411. The minimum Gasteiger partial charge on any atom is -0.367 e. The van der Waals surface area contributed by atoms with E-state index in [1.807, 2.05) is 0 Å². The number of anilines is 2. The van der Waals surface area contributed by atoms with Gasteiger partial charge in [0.25, 0.3) is 0 Å². The van der Waals surface area contributed by atoms with E-state index in [-0.39, 0.29) is 11.9 Å². The molecule has 0 aromatic carbocycles. The molecule has 3 rings (SSSR count). The Hall–Kier alpha value is -2.89. The molecule has 3 heterocycles. The maximum atomic E-state index is 12.7. The highest BCUT2D eigenvalue weighted by Gasteiger charge is 2.33. The number of nitriles is 1. The Balaban J connectivity index is 1.60. The van der Waals surface area contributed by atoms with Crippen LogP contribution < -0.4 is 10.2 Å². The summed E-state index contributed by atoms with van der Waals surface area (Å²) in [6.07, 6.45) is -0.525. The number of pyridine rings is 1. The van der Waals surface area contributed by atoms with Crippen LogP contribution in [0.15, 0.2) is 30.7 Å². The Bertz CT molecular complexity index is 778. The molecule has 25 heavy (non-hydrogen) atoms. The number of piperidine rings is 1. The molecule has 0 bridgehead atoms. The van der Waals surface area contributed by atoms with Crippen LogP contribution in [0, 0.1) is 11.3 Å². The number of alkyl halides is 3. The Kier molecular flexibility index (Phi) is 4.70. The van der Waals surface area contributed by atoms with Gasteiger partial charge in [0, 0.05) is 31.4 Å². The molecule has 0 radical (unpaired) electrons. The maximum Gasteiger partial charge on any atom is 0.433 e. The minimum absolute atomic E-state index is 0.0198. The molecule has 1 saturated heterocycles. The van der Waals surface area contributed by atoms with Crippen molar-refractivity contribution in [1.29, 1.82) is 5.26 Å². The molecule has 1 fully saturated rings. The lowest BCUT2D eigenvalue weighted by atomic mass is 10.0. The van der Waals surface area contributed by atoms with Crippen LogP contribution in [0.1, 0.15) is 24.1 Å². The van der Waals surface area contributed by atoms with Gasteiger partial charge in [-0.2, -0.15) is 18.4 Å². The highest BCUT2D eigenvalue weighted by atomic mass is 19.4. The molecule has 130 valence electrons. The summed E-state index contributed by atoms with van der Waals surface area (Å²) in [5.74, 6) is 0.907. The van der Waals surface area contributed by atoms with E-state index < -0.39 is 11.9 Å². The third kappa shape index (κ3) is 4.15. The molecule has 1 aliphatic heterocycles. The number of hydrogen-bond acceptors (Lipinski definition) is 6. The molecular formula is C16H15F3N6. The molecule has 2 aromatic rings. The average Bonchev–Trinajstić information content (AvgIpc) is 2.62. The van der Waals surface area contributed by atoms with Gasteiger partial charge in [0.2, 0.25) is 0 Å². The van der Waals surface area contributed by atoms with Crippen LogP contribution in [-0.4, -0.2) is 34.1 Å². The van der Waals surface area contributed by atoms with Gasteiger partial charge in [-0.05, 0) is 25.0 Å². The quantitative estimate of drug-likeness (QED) is 0.919. The number of nitrogens with zero attached hydrogens (tertiary/aromatic N) is 5. The number of aromatic nitrogens is 3. The Morgan fingerprint density at radius 3 is 2.60 bits per heavy atom. The van der Waals surface area contributed by atoms with Crippen LogP contribution >= 0.6 is 0 Å². The minimum atomic E-state index is -4.49. The largest absolute Gasteiger partial charge is 0.433 e. The molecule has 2 aromatic heterocycles. The second-order valence-corrected chi connectivity index (χ2v) is 5.71. The first-order valence-electron chi connectivity index (χ1n) is 7.72. The first kappa shape index (κ1) is 17.0. The van der Waals surface area contributed by atoms with E-state index in [1.165, 1.54) is 0 Å². The SMILES string of the molecule is N#Cc1ccnc(N2CCC(Nc3cc(C(F)(F)F)ncn3)CC2)c1. The van der Waals surface area contributed by atoms with E-state index in [2.05, 4.69) is 31.2 Å². The number of halogens is 3. The van der Waals surface area contributed by atoms with Crippen molar-refractivity contribution in [2.24, 2.45) is 0 Å². The zero-order valence-corrected chi connectivity index (χ0v) is 13.2. The van der Waals surface area contributed by atoms with E-state index in [1.54, 1.807) is 18.3 Å². The van der Waals surface area contributed by atoms with E-state index in [0.29, 0.717) is 18.7 Å². The van der Waals surface area contributed by atoms with Gasteiger partial charge < -0.3 is 10.2 Å². The van der Waals surface area contributed by atoms with E-state index in [9.17, 15) is 13.2 Å². The highest BCUT2D eigenvalue weighted by molar-refractivity contribution is 5.45. The molecule has 0 aliphatic carbocycles. The van der Waals surface area contributed by atoms with Crippen LogP contribution in [0.5, 0.6) is 0 Å². The van der Waals surface area contributed by atoms with Gasteiger partial charge in [0.15, 0.2) is 0 Å². The van der Waals surface area contributed by atoms with Crippen molar-refractivity contribution >= 4 is 11.6 Å². The van der Waals surface area contributed by atoms with Crippen molar-refractivity contribution < 1.29 is 13.2 Å². The molecule has 0 amide bonds. The van der Waals surface area contributed by atoms with Gasteiger partial charge in [0.1, 0.15) is 23.7 Å². The Morgan fingerprint density at radius 1 is 1.16 bits per heavy atom. The van der Waals surface area contributed by atoms with Gasteiger partial charge in [-0.15, -0.1) is 0 Å². The van der Waals surface area contributed by atoms with Crippen LogP contribution in [0.25, 0.3) is 0 Å². The van der Waals surface area contributed by atoms with Gasteiger partial charge >= 0.3 is 6.18 Å². The summed E-state index contributed by atoms with van der Waals surface area (Å²) in [6.45, 7) is 1.38. The fraction of sp³-hybridized carbons (Fsp3) is 0.375. The molecular weight excluding hydrogens is 333 g/mol. The molecule has 6 nitrogen and oxygen atoms in total. The summed E-state index contributed by atoms with van der Waals surface area (Å²) in [4.78, 5) is 13.4. The monoisotopic (exact) mass is 348 g/mol. The third-order valence-corrected chi connectivity index (χ3v) is 4.00. The first-order chi connectivity index (χ1) is 12.0. The molecule has 9 heteroatoms. The van der Waals surface area contributed by atoms with Crippen molar-refractivity contribution in [3.63, 3.8) is 0 Å². The highest BCUT2D eigenvalue weighted by Crippen LogP contribution is 2.28. The van der Waals surface area contributed by atoms with Crippen molar-refractivity contribution in [2.75, 3.05) is 23.3 Å². The maximum absolute atomic E-state index is 12.7. The smallest absolute Gasteiger partial charge is 0.367 e. The van der Waals surface area contributed by atoms with E-state index in [0.717, 1.165) is 31.1 Å². The second kappa shape index (κ2) is 6.93. The lowest BCUT2D eigenvalue weighted by molar-refractivity contribution is -0.141. The lowest BCUT2D eigenvalue weighted by Gasteiger charge is -2.33. The molecule has 0 saturated carbocycles. The van der Waals surface area contributed by atoms with Gasteiger partial charge in [-0.25, -0.2) is 15.0 Å². The van der Waals surface area contributed by atoms with E-state index in [4.69, 9.17) is 5.26 Å². The van der Waals surface area contributed by atoms with Gasteiger partial charge in [-0.1, -0.05) is 0 Å². The fourth-order valence-electron chi connectivity index (χ4n) is 2.71. The zero-order chi connectivity index (χ0) is 17.9. The lowest BCUT2D eigenvalue weighted by Crippen LogP contribution is -2.39. The summed E-state index contributed by atoms with van der Waals surface area (Å²) in [7, 11) is 0. The predicted molar refractivity (Wildman–Crippen MR) is 84.8 cm³/mol. The number of nitrogens with one attached hydrogen (secondary N) is 1. The van der Waals surface area contributed by atoms with Crippen molar-refractivity contribution in [3.8, 4) is 6.07 Å². The molecule has 1 aliphatic rings. The summed E-state index contributed by atoms with van der Waals surface area (Å²) >= 11 is 0. The van der Waals surface area contributed by atoms with Crippen LogP contribution in [0.3, 0.4) is 0 Å². The second-order valence-electron chi connectivity index (χ2n) is 5.71. The van der Waals surface area contributed by atoms with E-state index >= 15 is 0 Å². The summed E-state index contributed by atoms with van der Waals surface area (Å²) in [6, 6.07) is 6.39. The summed E-state index contributed by atoms with van der Waals surface area (Å²) in [5, 5.41) is 12.0. The topological polar surface area (TPSA) is 77.7 Å². The Labute approximate surface area is 142 Å². The number of rotatable bonds is 3. The number of hydrogen-bond donors (Lipinski definition) is 1. The molecule has 0 spiro atoms. The first-order valence-corrected chi connectivity index (χ1v) is 7.72. The van der Waals surface area contributed by atoms with Crippen LogP contribution in [0.2, 0.25) is 0 Å². The molecule has 0 atom stereocenters. The van der Waals surface area contributed by atoms with Crippen molar-refractivity contribution in [2.45, 2.75) is 25.1 Å². The van der Waals surface area contributed by atoms with Gasteiger partial charge in [0.05, 0.1) is 11.6 Å². The predicted octanol–water partition coefficient (Wildman–Crippen LogP) is 2.84. The zero-order valence-electron chi connectivity index (χ0n) is 13.2. The van der Waals surface area contributed by atoms with Crippen molar-refractivity contribution in [3.05, 3.63) is 42.0 Å². The van der Waals surface area contributed by atoms with Crippen LogP contribution in [-0.2, 0) is 6.18 Å². The standard InChI is InChI=1S/C16H15F3N6/c17-16(18,19)13-8-14(23-10-22-13)24-12-2-5-25(6-3-12)15-7-11(9-20)1-4-21-15/h1,4,7-8,10,12H,2-3,5-6H2,(H,22,23,24). The molecule has 0 unspecified atom stereocenters. The van der Waals surface area contributed by atoms with Crippen LogP contribution in [0.4, 0.5) is 24.8 Å². The Morgan fingerprint density at radius 2 is 1.92 bits per heavy atom. The third-order valence-electron chi connectivity index (χ3n) is 4.00. The average molecular weight is 348 g/mol. The van der Waals surface area contributed by atoms with Gasteiger partial charge in [-0.3, -0.25) is 0 Å². The fourth-order valence-corrected chi connectivity index (χ4v) is 2.71. The van der Waals surface area contributed by atoms with Crippen molar-refractivity contribution in [1.82, 2.24) is 15.0 Å².